The second kappa shape index (κ2) is 6.67. The Bertz CT molecular complexity index is 390. The number of amides is 1. The van der Waals surface area contributed by atoms with E-state index in [1.807, 2.05) is 18.7 Å². The second-order valence-electron chi connectivity index (χ2n) is 6.73. The lowest BCUT2D eigenvalue weighted by Gasteiger charge is -2.35. The van der Waals surface area contributed by atoms with Crippen molar-refractivity contribution in [3.05, 3.63) is 0 Å². The molecule has 1 amide bonds. The summed E-state index contributed by atoms with van der Waals surface area (Å²) in [5.74, 6) is 1.51. The normalized spacial score (nSPS) is 26.2. The van der Waals surface area contributed by atoms with Gasteiger partial charge in [0.2, 0.25) is 5.91 Å². The van der Waals surface area contributed by atoms with Gasteiger partial charge in [-0.05, 0) is 37.5 Å². The van der Waals surface area contributed by atoms with Crippen LogP contribution in [0.3, 0.4) is 0 Å². The summed E-state index contributed by atoms with van der Waals surface area (Å²) < 4.78 is 0. The maximum absolute atomic E-state index is 13.1. The fourth-order valence-electron chi connectivity index (χ4n) is 4.36. The van der Waals surface area contributed by atoms with Crippen molar-refractivity contribution in [2.45, 2.75) is 58.8 Å². The maximum Gasteiger partial charge on any atom is 0.236 e. The Hall–Kier alpha value is -1.26. The van der Waals surface area contributed by atoms with Gasteiger partial charge in [-0.3, -0.25) is 4.79 Å². The number of hydrogen-bond acceptors (Lipinski definition) is 3. The number of amidine groups is 1. The van der Waals surface area contributed by atoms with Gasteiger partial charge >= 0.3 is 0 Å². The van der Waals surface area contributed by atoms with Gasteiger partial charge in [0.1, 0.15) is 5.41 Å². The molecule has 1 heterocycles. The van der Waals surface area contributed by atoms with E-state index in [0.29, 0.717) is 24.7 Å². The molecule has 0 spiro atoms. The summed E-state index contributed by atoms with van der Waals surface area (Å²) >= 11 is 0. The van der Waals surface area contributed by atoms with E-state index >= 15 is 0 Å². The van der Waals surface area contributed by atoms with Crippen molar-refractivity contribution in [2.24, 2.45) is 28.1 Å². The van der Waals surface area contributed by atoms with Gasteiger partial charge in [-0.25, -0.2) is 0 Å². The number of carbonyl (C=O) groups excluding carboxylic acids is 1. The first-order chi connectivity index (χ1) is 10.1. The number of hydrogen-bond donors (Lipinski definition) is 2. The third-order valence-electron chi connectivity index (χ3n) is 5.37. The Labute approximate surface area is 127 Å². The van der Waals surface area contributed by atoms with E-state index in [-0.39, 0.29) is 11.7 Å². The van der Waals surface area contributed by atoms with Crippen LogP contribution in [-0.4, -0.2) is 34.9 Å². The molecule has 0 bridgehead atoms. The van der Waals surface area contributed by atoms with Crippen molar-refractivity contribution in [3.8, 4) is 0 Å². The van der Waals surface area contributed by atoms with Crippen molar-refractivity contribution in [1.29, 1.82) is 0 Å². The minimum atomic E-state index is -0.809. The minimum absolute atomic E-state index is 0.0795. The highest BCUT2D eigenvalue weighted by Gasteiger charge is 2.47. The Morgan fingerprint density at radius 3 is 2.19 bits per heavy atom. The predicted molar refractivity (Wildman–Crippen MR) is 83.1 cm³/mol. The quantitative estimate of drug-likeness (QED) is 0.342. The molecule has 5 nitrogen and oxygen atoms in total. The van der Waals surface area contributed by atoms with Crippen molar-refractivity contribution in [2.75, 3.05) is 13.1 Å². The lowest BCUT2D eigenvalue weighted by atomic mass is 9.76. The van der Waals surface area contributed by atoms with Crippen LogP contribution in [-0.2, 0) is 4.79 Å². The van der Waals surface area contributed by atoms with Gasteiger partial charge in [0, 0.05) is 13.1 Å². The molecule has 2 fully saturated rings. The molecule has 1 aliphatic heterocycles. The van der Waals surface area contributed by atoms with E-state index in [0.717, 1.165) is 25.9 Å². The summed E-state index contributed by atoms with van der Waals surface area (Å²) in [4.78, 5) is 15.1. The smallest absolute Gasteiger partial charge is 0.236 e. The number of rotatable bonds is 6. The molecule has 0 aromatic carbocycles. The fraction of sp³-hybridized carbons (Fsp3) is 0.875. The number of carbonyl (C=O) groups is 1. The molecule has 0 aromatic rings. The molecule has 21 heavy (non-hydrogen) atoms. The number of nitrogens with zero attached hydrogens (tertiary/aromatic N) is 2. The summed E-state index contributed by atoms with van der Waals surface area (Å²) in [6.45, 7) is 5.80. The first-order valence-corrected chi connectivity index (χ1v) is 8.36. The lowest BCUT2D eigenvalue weighted by molar-refractivity contribution is -0.138. The highest BCUT2D eigenvalue weighted by atomic mass is 16.4. The van der Waals surface area contributed by atoms with Gasteiger partial charge in [0.25, 0.3) is 0 Å². The zero-order valence-electron chi connectivity index (χ0n) is 13.3. The van der Waals surface area contributed by atoms with Crippen LogP contribution in [0.25, 0.3) is 0 Å². The zero-order valence-corrected chi connectivity index (χ0v) is 13.3. The molecule has 1 saturated carbocycles. The Morgan fingerprint density at radius 1 is 1.24 bits per heavy atom. The van der Waals surface area contributed by atoms with E-state index in [2.05, 4.69) is 5.16 Å². The second-order valence-corrected chi connectivity index (χ2v) is 6.73. The molecule has 2 atom stereocenters. The highest BCUT2D eigenvalue weighted by Crippen LogP contribution is 2.41. The van der Waals surface area contributed by atoms with Gasteiger partial charge in [0.15, 0.2) is 5.84 Å². The number of fused-ring (bicyclic) bond motifs is 1. The average molecular weight is 295 g/mol. The van der Waals surface area contributed by atoms with Crippen LogP contribution >= 0.6 is 0 Å². The van der Waals surface area contributed by atoms with Crippen LogP contribution in [0.15, 0.2) is 5.16 Å². The summed E-state index contributed by atoms with van der Waals surface area (Å²) in [6, 6.07) is 0. The van der Waals surface area contributed by atoms with Crippen LogP contribution in [0.4, 0.5) is 0 Å². The number of oxime groups is 1. The number of nitrogens with two attached hydrogens (primary N) is 1. The molecule has 120 valence electrons. The van der Waals surface area contributed by atoms with Gasteiger partial charge < -0.3 is 15.8 Å². The molecule has 2 rings (SSSR count). The molecule has 2 unspecified atom stereocenters. The molecule has 5 heteroatoms. The van der Waals surface area contributed by atoms with Crippen LogP contribution in [0.2, 0.25) is 0 Å². The zero-order chi connectivity index (χ0) is 15.5. The lowest BCUT2D eigenvalue weighted by Crippen LogP contribution is -2.51. The van der Waals surface area contributed by atoms with Crippen LogP contribution in [0.5, 0.6) is 0 Å². The van der Waals surface area contributed by atoms with E-state index < -0.39 is 5.41 Å². The molecule has 2 aliphatic rings. The van der Waals surface area contributed by atoms with E-state index in [4.69, 9.17) is 10.9 Å². The number of likely N-dealkylation sites (tertiary alicyclic amines) is 1. The first kappa shape index (κ1) is 16.1. The molecule has 3 N–H and O–H groups in total. The van der Waals surface area contributed by atoms with E-state index in [1.54, 1.807) is 0 Å². The standard InChI is InChI=1S/C16H29N3O2/c1-3-8-16(9-4-2,14(17)18-21)15(20)19-10-12-6-5-7-13(12)11-19/h12-13,21H,3-11H2,1-2H3,(H2,17,18). The van der Waals surface area contributed by atoms with E-state index in [9.17, 15) is 4.79 Å². The summed E-state index contributed by atoms with van der Waals surface area (Å²) in [6.07, 6.45) is 6.79. The van der Waals surface area contributed by atoms with Crippen molar-refractivity contribution < 1.29 is 10.0 Å². The predicted octanol–water partition coefficient (Wildman–Crippen LogP) is 2.58. The van der Waals surface area contributed by atoms with Crippen LogP contribution in [0.1, 0.15) is 58.8 Å². The monoisotopic (exact) mass is 295 g/mol. The molecule has 1 saturated heterocycles. The molecule has 0 aromatic heterocycles. The largest absolute Gasteiger partial charge is 0.409 e. The Kier molecular flexibility index (Phi) is 5.12. The Morgan fingerprint density at radius 2 is 1.76 bits per heavy atom. The summed E-state index contributed by atoms with van der Waals surface area (Å²) in [5, 5.41) is 12.4. The molecular formula is C16H29N3O2. The van der Waals surface area contributed by atoms with Gasteiger partial charge in [-0.15, -0.1) is 0 Å². The van der Waals surface area contributed by atoms with Crippen LogP contribution in [0, 0.1) is 17.3 Å². The van der Waals surface area contributed by atoms with Gasteiger partial charge in [0.05, 0.1) is 0 Å². The van der Waals surface area contributed by atoms with Crippen molar-refractivity contribution in [1.82, 2.24) is 4.90 Å². The summed E-state index contributed by atoms with van der Waals surface area (Å²) in [5.41, 5.74) is 5.15. The maximum atomic E-state index is 13.1. The van der Waals surface area contributed by atoms with E-state index in [1.165, 1.54) is 19.3 Å². The minimum Gasteiger partial charge on any atom is -0.409 e. The average Bonchev–Trinajstić information content (AvgIpc) is 3.06. The van der Waals surface area contributed by atoms with Crippen molar-refractivity contribution >= 4 is 11.7 Å². The third-order valence-corrected chi connectivity index (χ3v) is 5.37. The van der Waals surface area contributed by atoms with Gasteiger partial charge in [-0.2, -0.15) is 0 Å². The molecule has 1 aliphatic carbocycles. The molecular weight excluding hydrogens is 266 g/mol. The van der Waals surface area contributed by atoms with Crippen molar-refractivity contribution in [3.63, 3.8) is 0 Å². The third kappa shape index (κ3) is 2.87. The molecule has 0 radical (unpaired) electrons. The highest BCUT2D eigenvalue weighted by molar-refractivity contribution is 6.06. The Balaban J connectivity index is 2.21. The van der Waals surface area contributed by atoms with Crippen LogP contribution < -0.4 is 5.73 Å². The summed E-state index contributed by atoms with van der Waals surface area (Å²) in [7, 11) is 0. The first-order valence-electron chi connectivity index (χ1n) is 8.36. The topological polar surface area (TPSA) is 78.9 Å². The fourth-order valence-corrected chi connectivity index (χ4v) is 4.36. The van der Waals surface area contributed by atoms with Gasteiger partial charge in [-0.1, -0.05) is 38.3 Å². The SMILES string of the molecule is CCCC(CCC)(C(=O)N1CC2CCCC2C1)C(N)=NO.